The summed E-state index contributed by atoms with van der Waals surface area (Å²) in [6.07, 6.45) is -9.35. The van der Waals surface area contributed by atoms with Crippen LogP contribution in [0.5, 0.6) is 0 Å². The van der Waals surface area contributed by atoms with Crippen LogP contribution in [0, 0.1) is 0 Å². The normalized spacial score (nSPS) is 13.9. The molecule has 8 heteroatoms. The molecule has 0 bridgehead atoms. The zero-order valence-electron chi connectivity index (χ0n) is 8.10. The van der Waals surface area contributed by atoms with Crippen LogP contribution in [0.15, 0.2) is 29.3 Å². The van der Waals surface area contributed by atoms with Gasteiger partial charge in [-0.2, -0.15) is 26.3 Å². The summed E-state index contributed by atoms with van der Waals surface area (Å²) in [5.41, 5.74) is 3.34. The number of nitrogens with zero attached hydrogens (tertiary/aromatic N) is 1. The van der Waals surface area contributed by atoms with Gasteiger partial charge in [0.25, 0.3) is 0 Å². The molecule has 17 heavy (non-hydrogen) atoms. The van der Waals surface area contributed by atoms with E-state index in [1.807, 2.05) is 0 Å². The molecule has 0 atom stereocenters. The fraction of sp³-hybridized carbons (Fsp3) is 0.222. The molecule has 0 amide bonds. The molecule has 0 aromatic heterocycles. The van der Waals surface area contributed by atoms with Crippen LogP contribution in [0.25, 0.3) is 0 Å². The van der Waals surface area contributed by atoms with Crippen LogP contribution in [-0.2, 0) is 6.18 Å². The molecule has 0 aliphatic rings. The molecule has 0 saturated carbocycles. The van der Waals surface area contributed by atoms with Crippen LogP contribution < -0.4 is 5.73 Å². The highest BCUT2D eigenvalue weighted by Gasteiger charge is 2.34. The Labute approximate surface area is 91.8 Å². The number of aliphatic imine (C=N–C) groups is 1. The van der Waals surface area contributed by atoms with E-state index in [1.54, 1.807) is 0 Å². The summed E-state index contributed by atoms with van der Waals surface area (Å²) in [5, 5.41) is 0. The lowest BCUT2D eigenvalue weighted by molar-refractivity contribution is -0.137. The van der Waals surface area contributed by atoms with E-state index >= 15 is 0 Å². The third-order valence-corrected chi connectivity index (χ3v) is 1.73. The van der Waals surface area contributed by atoms with Crippen LogP contribution >= 0.6 is 0 Å². The first-order chi connectivity index (χ1) is 7.60. The minimum Gasteiger partial charge on any atom is -0.380 e. The molecule has 94 valence electrons. The van der Waals surface area contributed by atoms with Crippen molar-refractivity contribution in [1.82, 2.24) is 0 Å². The van der Waals surface area contributed by atoms with Gasteiger partial charge in [0.1, 0.15) is 0 Å². The second kappa shape index (κ2) is 4.27. The zero-order valence-corrected chi connectivity index (χ0v) is 8.10. The molecule has 0 aliphatic heterocycles. The minimum atomic E-state index is -4.80. The Morgan fingerprint density at radius 3 is 1.76 bits per heavy atom. The summed E-state index contributed by atoms with van der Waals surface area (Å²) >= 11 is 0. The molecule has 0 saturated heterocycles. The Kier molecular flexibility index (Phi) is 3.35. The highest BCUT2D eigenvalue weighted by molar-refractivity contribution is 5.88. The Morgan fingerprint density at radius 2 is 1.41 bits per heavy atom. The van der Waals surface area contributed by atoms with E-state index < -0.39 is 23.8 Å². The lowest BCUT2D eigenvalue weighted by Gasteiger charge is -2.07. The van der Waals surface area contributed by atoms with Crippen molar-refractivity contribution >= 4 is 11.5 Å². The van der Waals surface area contributed by atoms with Crippen molar-refractivity contribution in [3.8, 4) is 0 Å². The van der Waals surface area contributed by atoms with Crippen molar-refractivity contribution in [2.75, 3.05) is 0 Å². The summed E-state index contributed by atoms with van der Waals surface area (Å²) in [7, 11) is 0. The molecule has 0 heterocycles. The lowest BCUT2D eigenvalue weighted by Crippen LogP contribution is -2.30. The second-order valence-electron chi connectivity index (χ2n) is 3.04. The van der Waals surface area contributed by atoms with Crippen LogP contribution in [0.1, 0.15) is 5.56 Å². The van der Waals surface area contributed by atoms with Crippen molar-refractivity contribution < 1.29 is 26.3 Å². The minimum absolute atomic E-state index is 0.298. The number of benzene rings is 1. The maximum absolute atomic E-state index is 12.1. The number of hydrogen-bond acceptors (Lipinski definition) is 1. The predicted octanol–water partition coefficient (Wildman–Crippen LogP) is 3.26. The summed E-state index contributed by atoms with van der Waals surface area (Å²) in [5.74, 6) is -1.61. The third kappa shape index (κ3) is 3.65. The van der Waals surface area contributed by atoms with E-state index in [-0.39, 0.29) is 5.69 Å². The highest BCUT2D eigenvalue weighted by Crippen LogP contribution is 2.30. The van der Waals surface area contributed by atoms with Crippen molar-refractivity contribution in [2.24, 2.45) is 10.7 Å². The van der Waals surface area contributed by atoms with Gasteiger partial charge in [-0.05, 0) is 24.3 Å². The average molecular weight is 256 g/mol. The van der Waals surface area contributed by atoms with Crippen molar-refractivity contribution in [3.63, 3.8) is 0 Å². The molecule has 0 spiro atoms. The van der Waals surface area contributed by atoms with Gasteiger partial charge in [0.05, 0.1) is 11.3 Å². The van der Waals surface area contributed by atoms with Crippen molar-refractivity contribution in [2.45, 2.75) is 12.4 Å². The maximum atomic E-state index is 12.1. The second-order valence-corrected chi connectivity index (χ2v) is 3.04. The largest absolute Gasteiger partial charge is 0.448 e. The number of hydrogen-bond donors (Lipinski definition) is 1. The molecule has 1 aromatic carbocycles. The molecular weight excluding hydrogens is 250 g/mol. The van der Waals surface area contributed by atoms with Crippen molar-refractivity contribution in [3.05, 3.63) is 29.8 Å². The van der Waals surface area contributed by atoms with Crippen molar-refractivity contribution in [1.29, 1.82) is 0 Å². The van der Waals surface area contributed by atoms with Gasteiger partial charge >= 0.3 is 12.4 Å². The van der Waals surface area contributed by atoms with Gasteiger partial charge in [0.2, 0.25) is 5.84 Å². The Bertz CT molecular complexity index is 415. The average Bonchev–Trinajstić information content (AvgIpc) is 2.15. The third-order valence-electron chi connectivity index (χ3n) is 1.73. The summed E-state index contributed by atoms with van der Waals surface area (Å²) < 4.78 is 72.3. The first-order valence-electron chi connectivity index (χ1n) is 4.19. The monoisotopic (exact) mass is 256 g/mol. The van der Waals surface area contributed by atoms with E-state index in [0.29, 0.717) is 12.1 Å². The quantitative estimate of drug-likeness (QED) is 0.467. The SMILES string of the molecule is NC(=Nc1ccc(C(F)(F)F)cc1)C(F)(F)F. The van der Waals surface area contributed by atoms with Gasteiger partial charge in [-0.1, -0.05) is 0 Å². The fourth-order valence-corrected chi connectivity index (χ4v) is 0.927. The van der Waals surface area contributed by atoms with Gasteiger partial charge in [-0.3, -0.25) is 0 Å². The van der Waals surface area contributed by atoms with Gasteiger partial charge in [0.15, 0.2) is 0 Å². The first-order valence-corrected chi connectivity index (χ1v) is 4.19. The highest BCUT2D eigenvalue weighted by atomic mass is 19.4. The first kappa shape index (κ1) is 13.3. The van der Waals surface area contributed by atoms with E-state index in [4.69, 9.17) is 0 Å². The fourth-order valence-electron chi connectivity index (χ4n) is 0.927. The molecular formula is C9H6F6N2. The standard InChI is InChI=1S/C9H6F6N2/c10-8(11,12)5-1-3-6(4-2-5)17-7(16)9(13,14)15/h1-4H,(H2,16,17). The predicted molar refractivity (Wildman–Crippen MR) is 48.8 cm³/mol. The molecule has 2 N–H and O–H groups in total. The van der Waals surface area contributed by atoms with Crippen LogP contribution in [0.4, 0.5) is 32.0 Å². The lowest BCUT2D eigenvalue weighted by atomic mass is 10.2. The number of nitrogens with two attached hydrogens (primary N) is 1. The van der Waals surface area contributed by atoms with Gasteiger partial charge in [-0.25, -0.2) is 4.99 Å². The molecule has 0 aliphatic carbocycles. The van der Waals surface area contributed by atoms with Crippen LogP contribution in [-0.4, -0.2) is 12.0 Å². The smallest absolute Gasteiger partial charge is 0.380 e. The van der Waals surface area contributed by atoms with Gasteiger partial charge < -0.3 is 5.73 Å². The molecule has 1 aromatic rings. The van der Waals surface area contributed by atoms with Gasteiger partial charge in [0, 0.05) is 0 Å². The molecule has 0 fully saturated rings. The van der Waals surface area contributed by atoms with E-state index in [0.717, 1.165) is 12.1 Å². The molecule has 0 unspecified atom stereocenters. The van der Waals surface area contributed by atoms with Gasteiger partial charge in [-0.15, -0.1) is 0 Å². The van der Waals surface area contributed by atoms with E-state index in [2.05, 4.69) is 10.7 Å². The zero-order chi connectivity index (χ0) is 13.3. The summed E-state index contributed by atoms with van der Waals surface area (Å²) in [4.78, 5) is 2.96. The number of alkyl halides is 6. The number of amidine groups is 1. The Morgan fingerprint density at radius 1 is 0.941 bits per heavy atom. The van der Waals surface area contributed by atoms with Crippen LogP contribution in [0.2, 0.25) is 0 Å². The Hall–Kier alpha value is -1.73. The van der Waals surface area contributed by atoms with E-state index in [9.17, 15) is 26.3 Å². The van der Waals surface area contributed by atoms with E-state index in [1.165, 1.54) is 0 Å². The number of rotatable bonds is 1. The Balaban J connectivity index is 2.97. The number of halogens is 6. The molecule has 1 rings (SSSR count). The maximum Gasteiger partial charge on any atom is 0.448 e. The summed E-state index contributed by atoms with van der Waals surface area (Å²) in [6.45, 7) is 0. The molecule has 2 nitrogen and oxygen atoms in total. The van der Waals surface area contributed by atoms with Crippen LogP contribution in [0.3, 0.4) is 0 Å². The topological polar surface area (TPSA) is 38.4 Å². The summed E-state index contributed by atoms with van der Waals surface area (Å²) in [6, 6.07) is 2.87. The molecule has 0 radical (unpaired) electrons.